The van der Waals surface area contributed by atoms with Gasteiger partial charge in [-0.2, -0.15) is 0 Å². The van der Waals surface area contributed by atoms with Gasteiger partial charge in [-0.3, -0.25) is 0 Å². The molecular weight excluding hydrogens is 384 g/mol. The molecule has 0 heterocycles. The lowest BCUT2D eigenvalue weighted by Gasteiger charge is -2.15. The largest absolute Gasteiger partial charge is 0.494 e. The number of hydrogen-bond donors (Lipinski definition) is 1. The Morgan fingerprint density at radius 3 is 2.45 bits per heavy atom. The molecule has 0 aliphatic heterocycles. The molecule has 0 saturated heterocycles. The zero-order valence-electron chi connectivity index (χ0n) is 11.4. The zero-order chi connectivity index (χ0) is 14.7. The van der Waals surface area contributed by atoms with Crippen molar-refractivity contribution < 1.29 is 9.84 Å². The molecule has 0 aromatic heterocycles. The first-order valence-corrected chi connectivity index (χ1v) is 7.98. The minimum atomic E-state index is -0.660. The third-order valence-electron chi connectivity index (χ3n) is 3.08. The molecule has 0 spiro atoms. The molecule has 2 aromatic rings. The summed E-state index contributed by atoms with van der Waals surface area (Å²) >= 11 is 6.97. The van der Waals surface area contributed by atoms with E-state index in [2.05, 4.69) is 31.9 Å². The SMILES string of the molecule is CCOc1ccc(C(O)c2ccc(Br)c(C)c2)c(Br)c1. The first kappa shape index (κ1) is 15.5. The predicted octanol–water partition coefficient (Wildman–Crippen LogP) is 5.00. The normalized spacial score (nSPS) is 12.2. The molecule has 0 aliphatic rings. The molecule has 0 fully saturated rings. The summed E-state index contributed by atoms with van der Waals surface area (Å²) in [7, 11) is 0. The lowest BCUT2D eigenvalue weighted by atomic mass is 10.00. The predicted molar refractivity (Wildman–Crippen MR) is 88.3 cm³/mol. The van der Waals surface area contributed by atoms with Crippen LogP contribution in [0.25, 0.3) is 0 Å². The highest BCUT2D eigenvalue weighted by atomic mass is 79.9. The Hall–Kier alpha value is -0.840. The number of rotatable bonds is 4. The Morgan fingerprint density at radius 1 is 1.10 bits per heavy atom. The van der Waals surface area contributed by atoms with Crippen molar-refractivity contribution in [1.82, 2.24) is 0 Å². The minimum absolute atomic E-state index is 0.625. The molecule has 1 N–H and O–H groups in total. The van der Waals surface area contributed by atoms with Gasteiger partial charge in [0.1, 0.15) is 11.9 Å². The highest BCUT2D eigenvalue weighted by molar-refractivity contribution is 9.10. The van der Waals surface area contributed by atoms with E-state index in [1.165, 1.54) is 0 Å². The first-order chi connectivity index (χ1) is 9.52. The Bertz CT molecular complexity index is 611. The molecule has 2 aromatic carbocycles. The van der Waals surface area contributed by atoms with Gasteiger partial charge in [0.2, 0.25) is 0 Å². The van der Waals surface area contributed by atoms with Crippen LogP contribution in [0.2, 0.25) is 0 Å². The first-order valence-electron chi connectivity index (χ1n) is 6.39. The van der Waals surface area contributed by atoms with Crippen molar-refractivity contribution >= 4 is 31.9 Å². The summed E-state index contributed by atoms with van der Waals surface area (Å²) in [6.07, 6.45) is -0.660. The third kappa shape index (κ3) is 3.43. The van der Waals surface area contributed by atoms with Gasteiger partial charge in [-0.15, -0.1) is 0 Å². The van der Waals surface area contributed by atoms with Gasteiger partial charge in [0.25, 0.3) is 0 Å². The van der Waals surface area contributed by atoms with E-state index in [0.717, 1.165) is 31.4 Å². The van der Waals surface area contributed by atoms with Crippen LogP contribution < -0.4 is 4.74 Å². The van der Waals surface area contributed by atoms with Gasteiger partial charge in [0, 0.05) is 8.95 Å². The second kappa shape index (κ2) is 6.74. The van der Waals surface area contributed by atoms with Gasteiger partial charge < -0.3 is 9.84 Å². The molecule has 0 bridgehead atoms. The molecule has 4 heteroatoms. The van der Waals surface area contributed by atoms with Gasteiger partial charge >= 0.3 is 0 Å². The van der Waals surface area contributed by atoms with E-state index in [-0.39, 0.29) is 0 Å². The smallest absolute Gasteiger partial charge is 0.120 e. The Morgan fingerprint density at radius 2 is 1.85 bits per heavy atom. The van der Waals surface area contributed by atoms with Gasteiger partial charge in [-0.25, -0.2) is 0 Å². The summed E-state index contributed by atoms with van der Waals surface area (Å²) in [4.78, 5) is 0. The Balaban J connectivity index is 2.32. The molecule has 20 heavy (non-hydrogen) atoms. The zero-order valence-corrected chi connectivity index (χ0v) is 14.5. The number of aryl methyl sites for hydroxylation is 1. The van der Waals surface area contributed by atoms with E-state index < -0.39 is 6.10 Å². The van der Waals surface area contributed by atoms with Crippen LogP contribution in [0.1, 0.15) is 29.7 Å². The molecule has 1 atom stereocenters. The van der Waals surface area contributed by atoms with Crippen molar-refractivity contribution in [3.63, 3.8) is 0 Å². The third-order valence-corrected chi connectivity index (χ3v) is 4.65. The average molecular weight is 400 g/mol. The maximum Gasteiger partial charge on any atom is 0.120 e. The van der Waals surface area contributed by atoms with E-state index in [4.69, 9.17) is 4.74 Å². The summed E-state index contributed by atoms with van der Waals surface area (Å²) in [6.45, 7) is 4.58. The summed E-state index contributed by atoms with van der Waals surface area (Å²) in [5.41, 5.74) is 2.80. The van der Waals surface area contributed by atoms with Gasteiger partial charge in [-0.05, 0) is 48.7 Å². The number of ether oxygens (including phenoxy) is 1. The fourth-order valence-electron chi connectivity index (χ4n) is 2.00. The van der Waals surface area contributed by atoms with Crippen LogP contribution in [-0.4, -0.2) is 11.7 Å². The maximum absolute atomic E-state index is 10.5. The second-order valence-corrected chi connectivity index (χ2v) is 6.24. The lowest BCUT2D eigenvalue weighted by Crippen LogP contribution is -2.02. The van der Waals surface area contributed by atoms with Crippen LogP contribution in [0.3, 0.4) is 0 Å². The molecule has 106 valence electrons. The molecular formula is C16H16Br2O2. The van der Waals surface area contributed by atoms with Crippen LogP contribution in [0, 0.1) is 6.92 Å². The van der Waals surface area contributed by atoms with Crippen LogP contribution >= 0.6 is 31.9 Å². The maximum atomic E-state index is 10.5. The van der Waals surface area contributed by atoms with Crippen LogP contribution in [0.5, 0.6) is 5.75 Å². The van der Waals surface area contributed by atoms with E-state index in [1.807, 2.05) is 50.2 Å². The van der Waals surface area contributed by atoms with Crippen molar-refractivity contribution in [2.24, 2.45) is 0 Å². The number of benzene rings is 2. The fraction of sp³-hybridized carbons (Fsp3) is 0.250. The summed E-state index contributed by atoms with van der Waals surface area (Å²) in [5.74, 6) is 0.794. The van der Waals surface area contributed by atoms with Crippen LogP contribution in [-0.2, 0) is 0 Å². The number of hydrogen-bond acceptors (Lipinski definition) is 2. The van der Waals surface area contributed by atoms with E-state index in [0.29, 0.717) is 6.61 Å². The standard InChI is InChI=1S/C16H16Br2O2/c1-3-20-12-5-6-13(15(18)9-12)16(19)11-4-7-14(17)10(2)8-11/h4-9,16,19H,3H2,1-2H3. The minimum Gasteiger partial charge on any atom is -0.494 e. The summed E-state index contributed by atoms with van der Waals surface area (Å²) in [6, 6.07) is 11.5. The van der Waals surface area contributed by atoms with Gasteiger partial charge in [0.05, 0.1) is 6.61 Å². The van der Waals surface area contributed by atoms with E-state index in [1.54, 1.807) is 0 Å². The van der Waals surface area contributed by atoms with Crippen molar-refractivity contribution in [1.29, 1.82) is 0 Å². The lowest BCUT2D eigenvalue weighted by molar-refractivity contribution is 0.219. The van der Waals surface area contributed by atoms with E-state index in [9.17, 15) is 5.11 Å². The average Bonchev–Trinajstić information content (AvgIpc) is 2.42. The number of aliphatic hydroxyl groups is 1. The van der Waals surface area contributed by atoms with Gasteiger partial charge in [0.15, 0.2) is 0 Å². The topological polar surface area (TPSA) is 29.5 Å². The van der Waals surface area contributed by atoms with Gasteiger partial charge in [-0.1, -0.05) is 50.1 Å². The van der Waals surface area contributed by atoms with Crippen molar-refractivity contribution in [3.05, 3.63) is 62.0 Å². The molecule has 0 saturated carbocycles. The summed E-state index contributed by atoms with van der Waals surface area (Å²) < 4.78 is 7.33. The highest BCUT2D eigenvalue weighted by Gasteiger charge is 2.15. The quantitative estimate of drug-likeness (QED) is 0.783. The molecule has 2 rings (SSSR count). The number of halogens is 2. The fourth-order valence-corrected chi connectivity index (χ4v) is 2.82. The van der Waals surface area contributed by atoms with E-state index >= 15 is 0 Å². The molecule has 0 aliphatic carbocycles. The monoisotopic (exact) mass is 398 g/mol. The summed E-state index contributed by atoms with van der Waals surface area (Å²) in [5, 5.41) is 10.5. The van der Waals surface area contributed by atoms with Crippen LogP contribution in [0.4, 0.5) is 0 Å². The molecule has 2 nitrogen and oxygen atoms in total. The van der Waals surface area contributed by atoms with Crippen molar-refractivity contribution in [3.8, 4) is 5.75 Å². The molecule has 0 amide bonds. The van der Waals surface area contributed by atoms with Crippen molar-refractivity contribution in [2.75, 3.05) is 6.61 Å². The molecule has 1 unspecified atom stereocenters. The Labute approximate surface area is 136 Å². The Kier molecular flexibility index (Phi) is 5.24. The van der Waals surface area contributed by atoms with Crippen molar-refractivity contribution in [2.45, 2.75) is 20.0 Å². The number of aliphatic hydroxyl groups excluding tert-OH is 1. The second-order valence-electron chi connectivity index (χ2n) is 4.53. The molecule has 0 radical (unpaired) electrons. The van der Waals surface area contributed by atoms with Crippen LogP contribution in [0.15, 0.2) is 45.3 Å². The highest BCUT2D eigenvalue weighted by Crippen LogP contribution is 2.32.